The number of amides is 1. The van der Waals surface area contributed by atoms with E-state index in [0.29, 0.717) is 23.6 Å². The molecule has 2 aromatic carbocycles. The fourth-order valence-corrected chi connectivity index (χ4v) is 3.16. The number of nitrogens with zero attached hydrogens (tertiary/aromatic N) is 3. The average Bonchev–Trinajstić information content (AvgIpc) is 2.76. The Labute approximate surface area is 182 Å². The van der Waals surface area contributed by atoms with E-state index in [2.05, 4.69) is 4.98 Å². The fourth-order valence-electron chi connectivity index (χ4n) is 3.16. The third-order valence-electron chi connectivity index (χ3n) is 5.06. The smallest absolute Gasteiger partial charge is 0.340 e. The van der Waals surface area contributed by atoms with E-state index in [1.54, 1.807) is 33.2 Å². The van der Waals surface area contributed by atoms with Gasteiger partial charge in [-0.05, 0) is 48.9 Å². The first-order valence-electron chi connectivity index (χ1n) is 9.91. The van der Waals surface area contributed by atoms with Gasteiger partial charge < -0.3 is 19.3 Å². The minimum atomic E-state index is -0.577. The zero-order valence-electron chi connectivity index (χ0n) is 18.5. The van der Waals surface area contributed by atoms with Crippen LogP contribution in [0.25, 0.3) is 10.9 Å². The summed E-state index contributed by atoms with van der Waals surface area (Å²) in [5.74, 6) is -0.183. The number of anilines is 1. The lowest BCUT2D eigenvalue weighted by Crippen LogP contribution is -2.31. The molecule has 0 bridgehead atoms. The van der Waals surface area contributed by atoms with Crippen LogP contribution in [0.4, 0.5) is 5.69 Å². The van der Waals surface area contributed by atoms with Gasteiger partial charge in [0.25, 0.3) is 5.91 Å². The van der Waals surface area contributed by atoms with E-state index in [-0.39, 0.29) is 12.5 Å². The van der Waals surface area contributed by atoms with Crippen molar-refractivity contribution < 1.29 is 19.1 Å². The van der Waals surface area contributed by atoms with E-state index < -0.39 is 5.97 Å². The second-order valence-corrected chi connectivity index (χ2v) is 7.57. The van der Waals surface area contributed by atoms with Crippen LogP contribution in [0, 0.1) is 6.92 Å². The summed E-state index contributed by atoms with van der Waals surface area (Å²) in [6, 6.07) is 15.1. The summed E-state index contributed by atoms with van der Waals surface area (Å²) in [5, 5.41) is 0.765. The van der Waals surface area contributed by atoms with E-state index in [1.807, 2.05) is 55.4 Å². The molecule has 1 amide bonds. The van der Waals surface area contributed by atoms with Crippen LogP contribution in [-0.2, 0) is 16.1 Å². The maximum absolute atomic E-state index is 12.6. The minimum Gasteiger partial charge on any atom is -0.497 e. The number of carbonyl (C=O) groups excluding carboxylic acids is 2. The van der Waals surface area contributed by atoms with Gasteiger partial charge in [0.1, 0.15) is 5.75 Å². The number of aryl methyl sites for hydroxylation is 1. The molecule has 7 heteroatoms. The predicted molar refractivity (Wildman–Crippen MR) is 121 cm³/mol. The first-order chi connectivity index (χ1) is 14.8. The van der Waals surface area contributed by atoms with Gasteiger partial charge in [-0.1, -0.05) is 12.1 Å². The number of likely N-dealkylation sites (N-methyl/N-ethyl adjacent to an activating group) is 1. The molecule has 0 spiro atoms. The third-order valence-corrected chi connectivity index (χ3v) is 5.06. The molecular weight excluding hydrogens is 394 g/mol. The Morgan fingerprint density at radius 3 is 2.35 bits per heavy atom. The van der Waals surface area contributed by atoms with Crippen molar-refractivity contribution in [1.82, 2.24) is 9.88 Å². The molecule has 0 saturated heterocycles. The quantitative estimate of drug-likeness (QED) is 0.544. The van der Waals surface area contributed by atoms with Crippen molar-refractivity contribution >= 4 is 28.5 Å². The lowest BCUT2D eigenvalue weighted by Gasteiger charge is -2.18. The summed E-state index contributed by atoms with van der Waals surface area (Å²) in [6.07, 6.45) is 0. The number of rotatable bonds is 7. The number of methoxy groups -OCH3 is 1. The van der Waals surface area contributed by atoms with Gasteiger partial charge >= 0.3 is 5.97 Å². The highest BCUT2D eigenvalue weighted by Crippen LogP contribution is 2.22. The molecule has 0 aliphatic heterocycles. The lowest BCUT2D eigenvalue weighted by atomic mass is 10.1. The molecule has 3 rings (SSSR count). The standard InChI is InChI=1S/C24H27N3O4/c1-16-21(13-18-12-20(30-5)10-11-22(18)25-16)24(29)31-15-23(28)27(4)14-17-6-8-19(9-7-17)26(2)3/h6-13H,14-15H2,1-5H3. The van der Waals surface area contributed by atoms with E-state index >= 15 is 0 Å². The largest absolute Gasteiger partial charge is 0.497 e. The van der Waals surface area contributed by atoms with Gasteiger partial charge in [-0.15, -0.1) is 0 Å². The summed E-state index contributed by atoms with van der Waals surface area (Å²) in [5.41, 5.74) is 3.71. The zero-order chi connectivity index (χ0) is 22.5. The van der Waals surface area contributed by atoms with Crippen LogP contribution in [0.2, 0.25) is 0 Å². The third kappa shape index (κ3) is 5.31. The van der Waals surface area contributed by atoms with Crippen molar-refractivity contribution in [2.75, 3.05) is 39.8 Å². The van der Waals surface area contributed by atoms with Gasteiger partial charge in [0.2, 0.25) is 0 Å². The summed E-state index contributed by atoms with van der Waals surface area (Å²) < 4.78 is 10.5. The molecule has 7 nitrogen and oxygen atoms in total. The van der Waals surface area contributed by atoms with Crippen molar-refractivity contribution in [3.05, 3.63) is 65.4 Å². The van der Waals surface area contributed by atoms with Crippen LogP contribution in [0.15, 0.2) is 48.5 Å². The Balaban J connectivity index is 1.62. The first-order valence-corrected chi connectivity index (χ1v) is 9.91. The number of pyridine rings is 1. The number of hydrogen-bond donors (Lipinski definition) is 0. The van der Waals surface area contributed by atoms with E-state index in [4.69, 9.17) is 9.47 Å². The molecule has 0 radical (unpaired) electrons. The summed E-state index contributed by atoms with van der Waals surface area (Å²) >= 11 is 0. The van der Waals surface area contributed by atoms with Gasteiger partial charge in [-0.2, -0.15) is 0 Å². The van der Waals surface area contributed by atoms with Crippen molar-refractivity contribution in [2.24, 2.45) is 0 Å². The zero-order valence-corrected chi connectivity index (χ0v) is 18.5. The van der Waals surface area contributed by atoms with Gasteiger partial charge in [0, 0.05) is 38.8 Å². The highest BCUT2D eigenvalue weighted by molar-refractivity contribution is 5.96. The number of hydrogen-bond acceptors (Lipinski definition) is 6. The second-order valence-electron chi connectivity index (χ2n) is 7.57. The van der Waals surface area contributed by atoms with Crippen molar-refractivity contribution in [3.8, 4) is 5.75 Å². The van der Waals surface area contributed by atoms with Crippen LogP contribution in [0.5, 0.6) is 5.75 Å². The molecule has 31 heavy (non-hydrogen) atoms. The highest BCUT2D eigenvalue weighted by Gasteiger charge is 2.17. The molecule has 0 aliphatic carbocycles. The molecule has 0 saturated carbocycles. The Hall–Kier alpha value is -3.61. The van der Waals surface area contributed by atoms with Crippen molar-refractivity contribution in [3.63, 3.8) is 0 Å². The molecule has 0 fully saturated rings. The molecule has 162 valence electrons. The van der Waals surface area contributed by atoms with Crippen molar-refractivity contribution in [2.45, 2.75) is 13.5 Å². The molecule has 1 heterocycles. The number of aromatic nitrogens is 1. The second kappa shape index (κ2) is 9.47. The molecule has 1 aromatic heterocycles. The van der Waals surface area contributed by atoms with Crippen molar-refractivity contribution in [1.29, 1.82) is 0 Å². The molecular formula is C24H27N3O4. The average molecular weight is 421 g/mol. The Morgan fingerprint density at radius 2 is 1.71 bits per heavy atom. The first kappa shape index (κ1) is 22.1. The fraction of sp³-hybridized carbons (Fsp3) is 0.292. The monoisotopic (exact) mass is 421 g/mol. The topological polar surface area (TPSA) is 72.0 Å². The predicted octanol–water partition coefficient (Wildman–Crippen LogP) is 3.43. The van der Waals surface area contributed by atoms with E-state index in [9.17, 15) is 9.59 Å². The van der Waals surface area contributed by atoms with E-state index in [1.165, 1.54) is 4.90 Å². The maximum atomic E-state index is 12.6. The van der Waals surface area contributed by atoms with Crippen LogP contribution in [-0.4, -0.2) is 56.6 Å². The highest BCUT2D eigenvalue weighted by atomic mass is 16.5. The van der Waals surface area contributed by atoms with Crippen LogP contribution >= 0.6 is 0 Å². The number of carbonyl (C=O) groups is 2. The van der Waals surface area contributed by atoms with Gasteiger partial charge in [-0.3, -0.25) is 9.78 Å². The van der Waals surface area contributed by atoms with Crippen LogP contribution < -0.4 is 9.64 Å². The SMILES string of the molecule is COc1ccc2nc(C)c(C(=O)OCC(=O)N(C)Cc3ccc(N(C)C)cc3)cc2c1. The number of esters is 1. The Bertz CT molecular complexity index is 1090. The summed E-state index contributed by atoms with van der Waals surface area (Å²) in [7, 11) is 7.21. The number of fused-ring (bicyclic) bond motifs is 1. The minimum absolute atomic E-state index is 0.280. The van der Waals surface area contributed by atoms with Gasteiger partial charge in [0.15, 0.2) is 6.61 Å². The Morgan fingerprint density at radius 1 is 1.00 bits per heavy atom. The Kier molecular flexibility index (Phi) is 6.74. The normalized spacial score (nSPS) is 10.6. The number of ether oxygens (including phenoxy) is 2. The van der Waals surface area contributed by atoms with E-state index in [0.717, 1.165) is 22.2 Å². The molecule has 0 atom stereocenters. The van der Waals surface area contributed by atoms with Crippen LogP contribution in [0.3, 0.4) is 0 Å². The summed E-state index contributed by atoms with van der Waals surface area (Å²) in [6.45, 7) is 1.84. The maximum Gasteiger partial charge on any atom is 0.340 e. The molecule has 0 unspecified atom stereocenters. The number of benzene rings is 2. The lowest BCUT2D eigenvalue weighted by molar-refractivity contribution is -0.133. The van der Waals surface area contributed by atoms with Gasteiger partial charge in [-0.25, -0.2) is 4.79 Å². The van der Waals surface area contributed by atoms with Crippen LogP contribution in [0.1, 0.15) is 21.6 Å². The molecule has 0 aliphatic rings. The molecule has 3 aromatic rings. The summed E-state index contributed by atoms with van der Waals surface area (Å²) in [4.78, 5) is 33.0. The van der Waals surface area contributed by atoms with Gasteiger partial charge in [0.05, 0.1) is 23.9 Å². The molecule has 0 N–H and O–H groups in total.